The Labute approximate surface area is 129 Å². The summed E-state index contributed by atoms with van der Waals surface area (Å²) >= 11 is 0. The van der Waals surface area contributed by atoms with Gasteiger partial charge in [0, 0.05) is 24.7 Å². The minimum atomic E-state index is 0.0716. The first-order chi connectivity index (χ1) is 9.81. The van der Waals surface area contributed by atoms with Crippen LogP contribution in [0.2, 0.25) is 0 Å². The molecule has 0 aliphatic rings. The molecule has 1 aromatic rings. The van der Waals surface area contributed by atoms with Gasteiger partial charge in [0.15, 0.2) is 0 Å². The van der Waals surface area contributed by atoms with Crippen molar-refractivity contribution in [1.29, 1.82) is 0 Å². The normalized spacial score (nSPS) is 11.5. The van der Waals surface area contributed by atoms with Crippen LogP contribution in [0.5, 0.6) is 0 Å². The van der Waals surface area contributed by atoms with Crippen LogP contribution in [-0.4, -0.2) is 18.5 Å². The summed E-state index contributed by atoms with van der Waals surface area (Å²) in [5.74, 6) is 0.970. The molecule has 3 nitrogen and oxygen atoms in total. The molecule has 0 unspecified atom stereocenters. The van der Waals surface area contributed by atoms with Gasteiger partial charge in [-0.25, -0.2) is 0 Å². The summed E-state index contributed by atoms with van der Waals surface area (Å²) in [6.45, 7) is 13.6. The van der Waals surface area contributed by atoms with E-state index in [-0.39, 0.29) is 5.91 Å². The van der Waals surface area contributed by atoms with E-state index in [9.17, 15) is 4.79 Å². The number of hydrogen-bond donors (Lipinski definition) is 2. The standard InChI is InChI=1S/C18H30N2O/c1-12(2)15-7-8-17(16(11-15)13(3)4)20-18(21)9-10-19-14(5)6/h7-8,11-14,19H,9-10H2,1-6H3,(H,20,21). The maximum Gasteiger partial charge on any atom is 0.225 e. The fourth-order valence-corrected chi connectivity index (χ4v) is 2.22. The molecule has 1 rings (SSSR count). The van der Waals surface area contributed by atoms with E-state index in [1.54, 1.807) is 0 Å². The van der Waals surface area contributed by atoms with Crippen molar-refractivity contribution in [3.63, 3.8) is 0 Å². The molecule has 0 heterocycles. The van der Waals surface area contributed by atoms with Crippen molar-refractivity contribution in [3.05, 3.63) is 29.3 Å². The predicted octanol–water partition coefficient (Wildman–Crippen LogP) is 4.26. The van der Waals surface area contributed by atoms with Gasteiger partial charge in [-0.3, -0.25) is 4.79 Å². The largest absolute Gasteiger partial charge is 0.326 e. The summed E-state index contributed by atoms with van der Waals surface area (Å²) in [6, 6.07) is 6.78. The van der Waals surface area contributed by atoms with Crippen molar-refractivity contribution in [2.75, 3.05) is 11.9 Å². The van der Waals surface area contributed by atoms with Crippen LogP contribution in [0.3, 0.4) is 0 Å². The van der Waals surface area contributed by atoms with Gasteiger partial charge in [-0.2, -0.15) is 0 Å². The molecule has 21 heavy (non-hydrogen) atoms. The van der Waals surface area contributed by atoms with Crippen LogP contribution >= 0.6 is 0 Å². The fourth-order valence-electron chi connectivity index (χ4n) is 2.22. The van der Waals surface area contributed by atoms with Crippen LogP contribution in [-0.2, 0) is 4.79 Å². The molecule has 0 saturated carbocycles. The number of nitrogens with one attached hydrogen (secondary N) is 2. The maximum atomic E-state index is 12.0. The lowest BCUT2D eigenvalue weighted by Gasteiger charge is -2.17. The Morgan fingerprint density at radius 3 is 2.24 bits per heavy atom. The van der Waals surface area contributed by atoms with Gasteiger partial charge < -0.3 is 10.6 Å². The summed E-state index contributed by atoms with van der Waals surface area (Å²) in [5, 5.41) is 6.32. The van der Waals surface area contributed by atoms with Gasteiger partial charge in [-0.1, -0.05) is 53.7 Å². The van der Waals surface area contributed by atoms with Crippen molar-refractivity contribution >= 4 is 11.6 Å². The van der Waals surface area contributed by atoms with Gasteiger partial charge in [0.1, 0.15) is 0 Å². The van der Waals surface area contributed by atoms with E-state index in [0.717, 1.165) is 5.69 Å². The van der Waals surface area contributed by atoms with Crippen molar-refractivity contribution in [3.8, 4) is 0 Å². The second kappa shape index (κ2) is 8.18. The van der Waals surface area contributed by atoms with Gasteiger partial charge in [0.2, 0.25) is 5.91 Å². The highest BCUT2D eigenvalue weighted by molar-refractivity contribution is 5.91. The van der Waals surface area contributed by atoms with Gasteiger partial charge in [-0.05, 0) is 29.0 Å². The molecule has 0 saturated heterocycles. The lowest BCUT2D eigenvalue weighted by molar-refractivity contribution is -0.116. The third-order valence-corrected chi connectivity index (χ3v) is 3.54. The molecule has 3 heteroatoms. The highest BCUT2D eigenvalue weighted by atomic mass is 16.1. The van der Waals surface area contributed by atoms with Gasteiger partial charge in [0.05, 0.1) is 0 Å². The zero-order chi connectivity index (χ0) is 16.0. The smallest absolute Gasteiger partial charge is 0.225 e. The van der Waals surface area contributed by atoms with Crippen molar-refractivity contribution in [2.45, 2.75) is 65.8 Å². The second-order valence-electron chi connectivity index (χ2n) is 6.56. The first kappa shape index (κ1) is 17.7. The molecule has 0 aliphatic carbocycles. The Kier molecular flexibility index (Phi) is 6.90. The molecule has 0 radical (unpaired) electrons. The van der Waals surface area contributed by atoms with Crippen LogP contribution in [0.15, 0.2) is 18.2 Å². The zero-order valence-corrected chi connectivity index (χ0v) is 14.3. The molecule has 2 N–H and O–H groups in total. The quantitative estimate of drug-likeness (QED) is 0.787. The van der Waals surface area contributed by atoms with Crippen LogP contribution in [0, 0.1) is 0 Å². The van der Waals surface area contributed by atoms with Crippen LogP contribution < -0.4 is 10.6 Å². The number of amides is 1. The van der Waals surface area contributed by atoms with E-state index >= 15 is 0 Å². The summed E-state index contributed by atoms with van der Waals surface area (Å²) in [4.78, 5) is 12.0. The third kappa shape index (κ3) is 5.88. The van der Waals surface area contributed by atoms with E-state index < -0.39 is 0 Å². The fraction of sp³-hybridized carbons (Fsp3) is 0.611. The number of anilines is 1. The molecule has 0 spiro atoms. The van der Waals surface area contributed by atoms with Gasteiger partial charge >= 0.3 is 0 Å². The molecule has 0 bridgehead atoms. The summed E-state index contributed by atoms with van der Waals surface area (Å²) in [6.07, 6.45) is 0.502. The van der Waals surface area contributed by atoms with E-state index in [4.69, 9.17) is 0 Å². The first-order valence-corrected chi connectivity index (χ1v) is 7.98. The highest BCUT2D eigenvalue weighted by Gasteiger charge is 2.12. The minimum Gasteiger partial charge on any atom is -0.326 e. The van der Waals surface area contributed by atoms with E-state index in [2.05, 4.69) is 64.3 Å². The number of rotatable bonds is 7. The molecule has 0 atom stereocenters. The Hall–Kier alpha value is -1.35. The lowest BCUT2D eigenvalue weighted by atomic mass is 9.94. The molecule has 0 aliphatic heterocycles. The average molecular weight is 290 g/mol. The second-order valence-corrected chi connectivity index (χ2v) is 6.56. The maximum absolute atomic E-state index is 12.0. The zero-order valence-electron chi connectivity index (χ0n) is 14.3. The van der Waals surface area contributed by atoms with Gasteiger partial charge in [-0.15, -0.1) is 0 Å². The van der Waals surface area contributed by atoms with E-state index in [0.29, 0.717) is 30.8 Å². The molecule has 0 fully saturated rings. The minimum absolute atomic E-state index is 0.0716. The average Bonchev–Trinajstić information content (AvgIpc) is 2.38. The van der Waals surface area contributed by atoms with Crippen molar-refractivity contribution in [1.82, 2.24) is 5.32 Å². The van der Waals surface area contributed by atoms with Crippen LogP contribution in [0.4, 0.5) is 5.69 Å². The molecule has 1 amide bonds. The SMILES string of the molecule is CC(C)NCCC(=O)Nc1ccc(C(C)C)cc1C(C)C. The topological polar surface area (TPSA) is 41.1 Å². The Morgan fingerprint density at radius 1 is 1.05 bits per heavy atom. The predicted molar refractivity (Wildman–Crippen MR) is 91.0 cm³/mol. The van der Waals surface area contributed by atoms with Crippen LogP contribution in [0.25, 0.3) is 0 Å². The summed E-state index contributed by atoms with van der Waals surface area (Å²) < 4.78 is 0. The molecule has 118 valence electrons. The number of benzene rings is 1. The Morgan fingerprint density at radius 2 is 1.71 bits per heavy atom. The number of carbonyl (C=O) groups is 1. The third-order valence-electron chi connectivity index (χ3n) is 3.54. The van der Waals surface area contributed by atoms with Crippen molar-refractivity contribution < 1.29 is 4.79 Å². The van der Waals surface area contributed by atoms with Gasteiger partial charge in [0.25, 0.3) is 0 Å². The lowest BCUT2D eigenvalue weighted by Crippen LogP contribution is -2.27. The van der Waals surface area contributed by atoms with E-state index in [1.165, 1.54) is 11.1 Å². The van der Waals surface area contributed by atoms with Crippen molar-refractivity contribution in [2.24, 2.45) is 0 Å². The van der Waals surface area contributed by atoms with E-state index in [1.807, 2.05) is 6.07 Å². The number of carbonyl (C=O) groups excluding carboxylic acids is 1. The van der Waals surface area contributed by atoms with Crippen LogP contribution in [0.1, 0.15) is 70.9 Å². The molecule has 0 aromatic heterocycles. The first-order valence-electron chi connectivity index (χ1n) is 7.98. The molecular formula is C18H30N2O. The summed E-state index contributed by atoms with van der Waals surface area (Å²) in [7, 11) is 0. The Balaban J connectivity index is 2.75. The highest BCUT2D eigenvalue weighted by Crippen LogP contribution is 2.28. The monoisotopic (exact) mass is 290 g/mol. The molecule has 1 aromatic carbocycles. The number of hydrogen-bond acceptors (Lipinski definition) is 2. The Bertz CT molecular complexity index is 464. The summed E-state index contributed by atoms with van der Waals surface area (Å²) in [5.41, 5.74) is 3.48. The molecular weight excluding hydrogens is 260 g/mol.